The Morgan fingerprint density at radius 2 is 2.15 bits per heavy atom. The molecule has 2 aromatic heterocycles. The number of nitrogens with one attached hydrogen (secondary N) is 2. The SMILES string of the molecule is COS(=O)(=O)c1nc(NCCC(C)C)c2nc[nH]c2n1. The fourth-order valence-corrected chi connectivity index (χ4v) is 2.16. The molecule has 0 atom stereocenters. The van der Waals surface area contributed by atoms with Crippen LogP contribution in [-0.2, 0) is 14.3 Å². The fourth-order valence-electron chi connectivity index (χ4n) is 1.60. The number of aromatic amines is 1. The highest BCUT2D eigenvalue weighted by molar-refractivity contribution is 7.86. The van der Waals surface area contributed by atoms with Gasteiger partial charge < -0.3 is 10.3 Å². The number of imidazole rings is 1. The number of aromatic nitrogens is 4. The lowest BCUT2D eigenvalue weighted by atomic mass is 10.1. The number of rotatable bonds is 6. The molecule has 0 aliphatic carbocycles. The van der Waals surface area contributed by atoms with Crippen molar-refractivity contribution in [2.75, 3.05) is 19.0 Å². The van der Waals surface area contributed by atoms with E-state index < -0.39 is 10.1 Å². The van der Waals surface area contributed by atoms with Crippen LogP contribution in [0.25, 0.3) is 11.2 Å². The number of fused-ring (bicyclic) bond motifs is 1. The summed E-state index contributed by atoms with van der Waals surface area (Å²) in [5.41, 5.74) is 0.853. The fraction of sp³-hybridized carbons (Fsp3) is 0.545. The van der Waals surface area contributed by atoms with Crippen molar-refractivity contribution in [2.45, 2.75) is 25.4 Å². The van der Waals surface area contributed by atoms with E-state index >= 15 is 0 Å². The molecule has 9 heteroatoms. The molecule has 0 radical (unpaired) electrons. The lowest BCUT2D eigenvalue weighted by molar-refractivity contribution is 0.392. The van der Waals surface area contributed by atoms with Crippen molar-refractivity contribution < 1.29 is 12.6 Å². The summed E-state index contributed by atoms with van der Waals surface area (Å²) in [6, 6.07) is 0. The van der Waals surface area contributed by atoms with Crippen molar-refractivity contribution in [3.63, 3.8) is 0 Å². The van der Waals surface area contributed by atoms with Crippen molar-refractivity contribution in [3.8, 4) is 0 Å². The smallest absolute Gasteiger partial charge is 0.332 e. The molecule has 2 aromatic rings. The highest BCUT2D eigenvalue weighted by Gasteiger charge is 2.21. The van der Waals surface area contributed by atoms with E-state index in [4.69, 9.17) is 0 Å². The molecule has 0 saturated carbocycles. The minimum Gasteiger partial charge on any atom is -0.368 e. The van der Waals surface area contributed by atoms with Gasteiger partial charge in [0.05, 0.1) is 13.4 Å². The molecule has 110 valence electrons. The number of hydrogen-bond donors (Lipinski definition) is 2. The van der Waals surface area contributed by atoms with Gasteiger partial charge in [-0.05, 0) is 12.3 Å². The quantitative estimate of drug-likeness (QED) is 0.608. The molecular formula is C11H17N5O3S. The van der Waals surface area contributed by atoms with Gasteiger partial charge >= 0.3 is 10.1 Å². The summed E-state index contributed by atoms with van der Waals surface area (Å²) in [5.74, 6) is 0.911. The van der Waals surface area contributed by atoms with Crippen LogP contribution in [0.4, 0.5) is 5.82 Å². The van der Waals surface area contributed by atoms with E-state index in [0.29, 0.717) is 29.4 Å². The van der Waals surface area contributed by atoms with Crippen LogP contribution < -0.4 is 5.32 Å². The average Bonchev–Trinajstić information content (AvgIpc) is 2.86. The molecule has 0 spiro atoms. The maximum atomic E-state index is 11.7. The summed E-state index contributed by atoms with van der Waals surface area (Å²) in [6.07, 6.45) is 2.37. The molecule has 0 aliphatic rings. The molecule has 0 amide bonds. The second-order valence-electron chi connectivity index (χ2n) is 4.68. The van der Waals surface area contributed by atoms with Gasteiger partial charge in [-0.2, -0.15) is 18.4 Å². The minimum atomic E-state index is -3.94. The third-order valence-corrected chi connectivity index (χ3v) is 3.78. The second kappa shape index (κ2) is 5.71. The third-order valence-electron chi connectivity index (χ3n) is 2.72. The summed E-state index contributed by atoms with van der Waals surface area (Å²) in [5, 5.41) is 2.70. The predicted molar refractivity (Wildman–Crippen MR) is 73.8 cm³/mol. The highest BCUT2D eigenvalue weighted by atomic mass is 32.2. The van der Waals surface area contributed by atoms with Gasteiger partial charge in [-0.1, -0.05) is 13.8 Å². The van der Waals surface area contributed by atoms with Crippen molar-refractivity contribution >= 4 is 27.1 Å². The summed E-state index contributed by atoms with van der Waals surface area (Å²) in [4.78, 5) is 14.8. The Morgan fingerprint density at radius 1 is 1.40 bits per heavy atom. The molecule has 0 fully saturated rings. The Balaban J connectivity index is 2.39. The molecule has 0 aliphatic heterocycles. The molecule has 0 saturated heterocycles. The monoisotopic (exact) mass is 299 g/mol. The van der Waals surface area contributed by atoms with Crippen LogP contribution in [0, 0.1) is 5.92 Å². The molecule has 2 N–H and O–H groups in total. The zero-order chi connectivity index (χ0) is 14.8. The van der Waals surface area contributed by atoms with Gasteiger partial charge in [0.15, 0.2) is 11.5 Å². The zero-order valence-corrected chi connectivity index (χ0v) is 12.4. The minimum absolute atomic E-state index is 0.350. The van der Waals surface area contributed by atoms with Crippen LogP contribution >= 0.6 is 0 Å². The Bertz CT molecular complexity index is 695. The number of H-pyrrole nitrogens is 1. The largest absolute Gasteiger partial charge is 0.368 e. The van der Waals surface area contributed by atoms with Gasteiger partial charge in [0.1, 0.15) is 5.52 Å². The van der Waals surface area contributed by atoms with E-state index in [1.807, 2.05) is 0 Å². The number of nitrogens with zero attached hydrogens (tertiary/aromatic N) is 3. The Kier molecular flexibility index (Phi) is 4.19. The van der Waals surface area contributed by atoms with Crippen LogP contribution in [0.3, 0.4) is 0 Å². The van der Waals surface area contributed by atoms with Crippen LogP contribution in [0.5, 0.6) is 0 Å². The molecule has 0 bridgehead atoms. The van der Waals surface area contributed by atoms with Crippen LogP contribution in [-0.4, -0.2) is 42.0 Å². The van der Waals surface area contributed by atoms with Gasteiger partial charge in [-0.3, -0.25) is 4.18 Å². The Morgan fingerprint density at radius 3 is 2.80 bits per heavy atom. The molecule has 2 heterocycles. The maximum Gasteiger partial charge on any atom is 0.332 e. The van der Waals surface area contributed by atoms with E-state index in [9.17, 15) is 8.42 Å². The van der Waals surface area contributed by atoms with Gasteiger partial charge in [0.2, 0.25) is 0 Å². The van der Waals surface area contributed by atoms with Crippen LogP contribution in [0.1, 0.15) is 20.3 Å². The molecule has 8 nitrogen and oxygen atoms in total. The van der Waals surface area contributed by atoms with Crippen LogP contribution in [0.2, 0.25) is 0 Å². The molecular weight excluding hydrogens is 282 g/mol. The van der Waals surface area contributed by atoms with Gasteiger partial charge in [-0.15, -0.1) is 0 Å². The van der Waals surface area contributed by atoms with E-state index in [0.717, 1.165) is 13.5 Å². The van der Waals surface area contributed by atoms with Crippen LogP contribution in [0.15, 0.2) is 11.5 Å². The number of hydrogen-bond acceptors (Lipinski definition) is 7. The first kappa shape index (κ1) is 14.7. The molecule has 2 rings (SSSR count). The topological polar surface area (TPSA) is 110 Å². The van der Waals surface area contributed by atoms with E-state index in [1.165, 1.54) is 6.33 Å². The predicted octanol–water partition coefficient (Wildman–Crippen LogP) is 1.15. The Hall–Kier alpha value is -1.74. The first-order chi connectivity index (χ1) is 9.44. The lowest BCUT2D eigenvalue weighted by Crippen LogP contribution is -2.12. The van der Waals surface area contributed by atoms with Gasteiger partial charge in [0, 0.05) is 6.54 Å². The zero-order valence-electron chi connectivity index (χ0n) is 11.5. The van der Waals surface area contributed by atoms with Crippen molar-refractivity contribution in [1.82, 2.24) is 19.9 Å². The van der Waals surface area contributed by atoms with E-state index in [-0.39, 0.29) is 5.16 Å². The summed E-state index contributed by atoms with van der Waals surface area (Å²) in [7, 11) is -2.87. The lowest BCUT2D eigenvalue weighted by Gasteiger charge is -2.09. The number of anilines is 1. The van der Waals surface area contributed by atoms with Gasteiger partial charge in [-0.25, -0.2) is 4.98 Å². The standard InChI is InChI=1S/C11H17N5O3S/c1-7(2)4-5-12-9-8-10(14-6-13-8)16-11(15-9)20(17,18)19-3/h6-7H,4-5H2,1-3H3,(H2,12,13,14,15,16). The maximum absolute atomic E-state index is 11.7. The third kappa shape index (κ3) is 3.05. The first-order valence-electron chi connectivity index (χ1n) is 6.19. The highest BCUT2D eigenvalue weighted by Crippen LogP contribution is 2.19. The van der Waals surface area contributed by atoms with Crippen molar-refractivity contribution in [2.24, 2.45) is 5.92 Å². The summed E-state index contributed by atoms with van der Waals surface area (Å²) < 4.78 is 27.8. The average molecular weight is 299 g/mol. The summed E-state index contributed by atoms with van der Waals surface area (Å²) >= 11 is 0. The van der Waals surface area contributed by atoms with Gasteiger partial charge in [0.25, 0.3) is 5.16 Å². The van der Waals surface area contributed by atoms with Crippen molar-refractivity contribution in [3.05, 3.63) is 6.33 Å². The molecule has 20 heavy (non-hydrogen) atoms. The molecule has 0 aromatic carbocycles. The normalized spacial score (nSPS) is 12.2. The first-order valence-corrected chi connectivity index (χ1v) is 7.60. The van der Waals surface area contributed by atoms with E-state index in [2.05, 4.69) is 43.3 Å². The van der Waals surface area contributed by atoms with E-state index in [1.54, 1.807) is 0 Å². The Labute approximate surface area is 117 Å². The van der Waals surface area contributed by atoms with Crippen molar-refractivity contribution in [1.29, 1.82) is 0 Å². The summed E-state index contributed by atoms with van der Waals surface area (Å²) in [6.45, 7) is 4.88. The molecule has 0 unspecified atom stereocenters. The second-order valence-corrected chi connectivity index (χ2v) is 6.29.